The van der Waals surface area contributed by atoms with Crippen LogP contribution in [0.3, 0.4) is 0 Å². The van der Waals surface area contributed by atoms with Crippen LogP contribution in [0.4, 0.5) is 10.1 Å². The molecule has 0 spiro atoms. The summed E-state index contributed by atoms with van der Waals surface area (Å²) in [6, 6.07) is 13.3. The number of aryl methyl sites for hydroxylation is 1. The molecule has 3 rings (SSSR count). The van der Waals surface area contributed by atoms with Gasteiger partial charge in [0.25, 0.3) is 5.91 Å². The van der Waals surface area contributed by atoms with Gasteiger partial charge in [-0.3, -0.25) is 14.4 Å². The smallest absolute Gasteiger partial charge is 0.292 e. The highest BCUT2D eigenvalue weighted by Gasteiger charge is 2.24. The van der Waals surface area contributed by atoms with Gasteiger partial charge in [-0.1, -0.05) is 36.4 Å². The summed E-state index contributed by atoms with van der Waals surface area (Å²) in [5, 5.41) is 2.40. The number of amides is 2. The molecule has 0 unspecified atom stereocenters. The van der Waals surface area contributed by atoms with Crippen molar-refractivity contribution >= 4 is 23.3 Å². The van der Waals surface area contributed by atoms with Crippen LogP contribution in [0.2, 0.25) is 0 Å². The second-order valence-electron chi connectivity index (χ2n) is 6.65. The molecule has 0 saturated carbocycles. The number of carbonyl (C=O) groups excluding carboxylic acids is 3. The maximum Gasteiger partial charge on any atom is 0.292 e. The Hall–Kier alpha value is -3.22. The van der Waals surface area contributed by atoms with Gasteiger partial charge in [-0.2, -0.15) is 0 Å². The van der Waals surface area contributed by atoms with E-state index in [1.165, 1.54) is 6.07 Å². The summed E-state index contributed by atoms with van der Waals surface area (Å²) in [5.74, 6) is -2.01. The van der Waals surface area contributed by atoms with Crippen LogP contribution in [0.5, 0.6) is 0 Å². The summed E-state index contributed by atoms with van der Waals surface area (Å²) < 4.78 is 13.9. The van der Waals surface area contributed by atoms with Crippen molar-refractivity contribution in [2.45, 2.75) is 6.92 Å². The number of carbonyl (C=O) groups is 3. The second-order valence-corrected chi connectivity index (χ2v) is 6.65. The number of benzene rings is 2. The van der Waals surface area contributed by atoms with Gasteiger partial charge >= 0.3 is 0 Å². The Bertz CT molecular complexity index is 892. The number of nitrogens with one attached hydrogen (secondary N) is 1. The van der Waals surface area contributed by atoms with Crippen LogP contribution in [0.15, 0.2) is 48.5 Å². The highest BCUT2D eigenvalue weighted by atomic mass is 19.1. The van der Waals surface area contributed by atoms with Crippen LogP contribution in [0.1, 0.15) is 15.9 Å². The van der Waals surface area contributed by atoms with Crippen molar-refractivity contribution in [2.24, 2.45) is 0 Å². The van der Waals surface area contributed by atoms with Crippen molar-refractivity contribution in [2.75, 3.05) is 37.6 Å². The van der Waals surface area contributed by atoms with Crippen LogP contribution in [-0.4, -0.2) is 55.2 Å². The fourth-order valence-corrected chi connectivity index (χ4v) is 3.20. The van der Waals surface area contributed by atoms with Gasteiger partial charge in [0.15, 0.2) is 0 Å². The standard InChI is InChI=1S/C21H22FN3O3/c1-15-6-2-3-7-16(15)20(27)21(28)23-14-19(26)25-12-10-24(11-13-25)18-9-5-4-8-17(18)22/h2-9H,10-14H2,1H3,(H,23,28). The van der Waals surface area contributed by atoms with Crippen LogP contribution >= 0.6 is 0 Å². The number of nitrogens with zero attached hydrogens (tertiary/aromatic N) is 2. The van der Waals surface area contributed by atoms with E-state index in [0.717, 1.165) is 0 Å². The molecule has 0 bridgehead atoms. The molecule has 0 aliphatic carbocycles. The summed E-state index contributed by atoms with van der Waals surface area (Å²) >= 11 is 0. The first kappa shape index (κ1) is 19.5. The first-order chi connectivity index (χ1) is 13.5. The normalized spacial score (nSPS) is 13.9. The van der Waals surface area contributed by atoms with Crippen molar-refractivity contribution < 1.29 is 18.8 Å². The van der Waals surface area contributed by atoms with E-state index in [9.17, 15) is 18.8 Å². The lowest BCUT2D eigenvalue weighted by molar-refractivity contribution is -0.132. The number of piperazine rings is 1. The van der Waals surface area contributed by atoms with Crippen molar-refractivity contribution in [3.8, 4) is 0 Å². The molecule has 1 fully saturated rings. The lowest BCUT2D eigenvalue weighted by Gasteiger charge is -2.36. The molecule has 2 aromatic rings. The van der Waals surface area contributed by atoms with Crippen LogP contribution in [0, 0.1) is 12.7 Å². The van der Waals surface area contributed by atoms with Crippen LogP contribution < -0.4 is 10.2 Å². The molecule has 0 atom stereocenters. The number of para-hydroxylation sites is 1. The average Bonchev–Trinajstić information content (AvgIpc) is 2.72. The summed E-state index contributed by atoms with van der Waals surface area (Å²) in [4.78, 5) is 40.1. The van der Waals surface area contributed by atoms with Crippen LogP contribution in [-0.2, 0) is 9.59 Å². The van der Waals surface area contributed by atoms with Gasteiger partial charge in [-0.25, -0.2) is 4.39 Å². The zero-order valence-electron chi connectivity index (χ0n) is 15.7. The molecule has 28 heavy (non-hydrogen) atoms. The van der Waals surface area contributed by atoms with Gasteiger partial charge in [0.05, 0.1) is 12.2 Å². The van der Waals surface area contributed by atoms with Crippen molar-refractivity contribution in [1.82, 2.24) is 10.2 Å². The van der Waals surface area contributed by atoms with E-state index in [1.54, 1.807) is 54.3 Å². The number of halogens is 1. The quantitative estimate of drug-likeness (QED) is 0.631. The fourth-order valence-electron chi connectivity index (χ4n) is 3.20. The fraction of sp³-hybridized carbons (Fsp3) is 0.286. The van der Waals surface area contributed by atoms with E-state index in [1.807, 2.05) is 4.90 Å². The lowest BCUT2D eigenvalue weighted by Crippen LogP contribution is -2.51. The molecule has 2 aromatic carbocycles. The van der Waals surface area contributed by atoms with E-state index in [-0.39, 0.29) is 18.3 Å². The number of Topliss-reactive ketones (excluding diaryl/α,β-unsaturated/α-hetero) is 1. The molecule has 1 heterocycles. The Kier molecular flexibility index (Phi) is 6.03. The van der Waals surface area contributed by atoms with Crippen molar-refractivity contribution in [3.05, 3.63) is 65.5 Å². The monoisotopic (exact) mass is 383 g/mol. The summed E-state index contributed by atoms with van der Waals surface area (Å²) in [5.41, 5.74) is 1.55. The number of rotatable bonds is 5. The largest absolute Gasteiger partial charge is 0.366 e. The molecule has 0 radical (unpaired) electrons. The third-order valence-corrected chi connectivity index (χ3v) is 4.82. The molecule has 2 amide bonds. The average molecular weight is 383 g/mol. The first-order valence-electron chi connectivity index (χ1n) is 9.13. The van der Waals surface area contributed by atoms with Gasteiger partial charge in [0, 0.05) is 31.7 Å². The van der Waals surface area contributed by atoms with E-state index in [4.69, 9.17) is 0 Å². The Labute approximate surface area is 162 Å². The Morgan fingerprint density at radius 1 is 0.964 bits per heavy atom. The number of ketones is 1. The van der Waals surface area contributed by atoms with Gasteiger partial charge < -0.3 is 15.1 Å². The van der Waals surface area contributed by atoms with Crippen LogP contribution in [0.25, 0.3) is 0 Å². The predicted molar refractivity (Wildman–Crippen MR) is 104 cm³/mol. The molecular weight excluding hydrogens is 361 g/mol. The zero-order chi connectivity index (χ0) is 20.1. The Balaban J connectivity index is 1.50. The maximum absolute atomic E-state index is 13.9. The van der Waals surface area contributed by atoms with E-state index in [2.05, 4.69) is 5.32 Å². The van der Waals surface area contributed by atoms with Gasteiger partial charge in [0.2, 0.25) is 11.7 Å². The minimum Gasteiger partial charge on any atom is -0.366 e. The SMILES string of the molecule is Cc1ccccc1C(=O)C(=O)NCC(=O)N1CCN(c2ccccc2F)CC1. The van der Waals surface area contributed by atoms with Crippen molar-refractivity contribution in [3.63, 3.8) is 0 Å². The third kappa shape index (κ3) is 4.36. The minimum atomic E-state index is -0.798. The summed E-state index contributed by atoms with van der Waals surface area (Å²) in [7, 11) is 0. The van der Waals surface area contributed by atoms with Crippen molar-refractivity contribution in [1.29, 1.82) is 0 Å². The van der Waals surface area contributed by atoms with Gasteiger partial charge in [-0.05, 0) is 24.6 Å². The molecule has 7 heteroatoms. The Morgan fingerprint density at radius 2 is 1.61 bits per heavy atom. The number of anilines is 1. The minimum absolute atomic E-state index is 0.240. The molecule has 146 valence electrons. The molecular formula is C21H22FN3O3. The lowest BCUT2D eigenvalue weighted by atomic mass is 10.0. The Morgan fingerprint density at radius 3 is 2.29 bits per heavy atom. The summed E-state index contributed by atoms with van der Waals surface area (Å²) in [6.45, 7) is 3.37. The predicted octanol–water partition coefficient (Wildman–Crippen LogP) is 1.78. The number of hydrogen-bond acceptors (Lipinski definition) is 4. The third-order valence-electron chi connectivity index (χ3n) is 4.82. The maximum atomic E-state index is 13.9. The topological polar surface area (TPSA) is 69.7 Å². The highest BCUT2D eigenvalue weighted by molar-refractivity contribution is 6.43. The van der Waals surface area contributed by atoms with E-state index < -0.39 is 11.7 Å². The number of hydrogen-bond donors (Lipinski definition) is 1. The summed E-state index contributed by atoms with van der Waals surface area (Å²) in [6.07, 6.45) is 0. The van der Waals surface area contributed by atoms with E-state index >= 15 is 0 Å². The molecule has 0 aromatic heterocycles. The molecule has 6 nitrogen and oxygen atoms in total. The van der Waals surface area contributed by atoms with E-state index in [0.29, 0.717) is 43.0 Å². The molecule has 1 aliphatic rings. The first-order valence-corrected chi connectivity index (χ1v) is 9.13. The van der Waals surface area contributed by atoms with Gasteiger partial charge in [0.1, 0.15) is 5.82 Å². The molecule has 1 aliphatic heterocycles. The van der Waals surface area contributed by atoms with Gasteiger partial charge in [-0.15, -0.1) is 0 Å². The molecule has 1 saturated heterocycles. The second kappa shape index (κ2) is 8.65. The molecule has 1 N–H and O–H groups in total. The highest BCUT2D eigenvalue weighted by Crippen LogP contribution is 2.20. The zero-order valence-corrected chi connectivity index (χ0v) is 15.7.